The van der Waals surface area contributed by atoms with Gasteiger partial charge in [0.2, 0.25) is 5.91 Å². The summed E-state index contributed by atoms with van der Waals surface area (Å²) in [6.45, 7) is 9.21. The number of carbonyl (C=O) groups is 2. The van der Waals surface area contributed by atoms with Crippen molar-refractivity contribution < 1.29 is 41.8 Å². The highest BCUT2D eigenvalue weighted by molar-refractivity contribution is 5.76. The fraction of sp³-hybridized carbons (Fsp3) is 0.714. The summed E-state index contributed by atoms with van der Waals surface area (Å²) >= 11 is 0. The number of fused-ring (bicyclic) bond motifs is 1. The van der Waals surface area contributed by atoms with Gasteiger partial charge < -0.3 is 23.9 Å². The second kappa shape index (κ2) is 10.7. The highest BCUT2D eigenvalue weighted by atomic mass is 19.4. The molecule has 180 valence electrons. The minimum Gasteiger partial charge on any atom is -0.475 e. The molecule has 0 aliphatic carbocycles. The molecular weight excluding hydrogens is 433 g/mol. The Balaban J connectivity index is 0.000000360. The number of ether oxygens (including phenoxy) is 2. The number of hydrogen-bond donors (Lipinski definition) is 1. The Morgan fingerprint density at radius 2 is 1.81 bits per heavy atom. The van der Waals surface area contributed by atoms with Gasteiger partial charge in [-0.3, -0.25) is 9.69 Å². The second-order valence-corrected chi connectivity index (χ2v) is 8.43. The van der Waals surface area contributed by atoms with Crippen LogP contribution in [0.2, 0.25) is 0 Å². The monoisotopic (exact) mass is 462 g/mol. The molecule has 11 heteroatoms. The van der Waals surface area contributed by atoms with E-state index in [1.54, 1.807) is 0 Å². The summed E-state index contributed by atoms with van der Waals surface area (Å²) in [6.07, 6.45) is -4.48. The summed E-state index contributed by atoms with van der Waals surface area (Å²) < 4.78 is 48.6. The van der Waals surface area contributed by atoms with Gasteiger partial charge in [-0.1, -0.05) is 0 Å². The van der Waals surface area contributed by atoms with Gasteiger partial charge in [0.1, 0.15) is 11.5 Å². The van der Waals surface area contributed by atoms with E-state index in [1.165, 1.54) is 0 Å². The van der Waals surface area contributed by atoms with E-state index in [2.05, 4.69) is 11.0 Å². The molecule has 1 amide bonds. The predicted octanol–water partition coefficient (Wildman–Crippen LogP) is 2.16. The van der Waals surface area contributed by atoms with Gasteiger partial charge in [-0.2, -0.15) is 13.2 Å². The Labute approximate surface area is 184 Å². The van der Waals surface area contributed by atoms with Crippen molar-refractivity contribution in [2.45, 2.75) is 26.1 Å². The van der Waals surface area contributed by atoms with Crippen molar-refractivity contribution in [1.82, 2.24) is 9.80 Å². The number of aliphatic carboxylic acids is 1. The molecule has 3 aliphatic rings. The molecule has 1 aromatic heterocycles. The predicted molar refractivity (Wildman–Crippen MR) is 106 cm³/mol. The van der Waals surface area contributed by atoms with Gasteiger partial charge in [-0.15, -0.1) is 0 Å². The lowest BCUT2D eigenvalue weighted by molar-refractivity contribution is -0.192. The number of aryl methyl sites for hydroxylation is 1. The lowest BCUT2D eigenvalue weighted by Gasteiger charge is -2.35. The van der Waals surface area contributed by atoms with Gasteiger partial charge in [-0.05, 0) is 36.8 Å². The minimum atomic E-state index is -5.08. The molecule has 0 saturated carbocycles. The van der Waals surface area contributed by atoms with E-state index >= 15 is 0 Å². The molecule has 0 spiro atoms. The highest BCUT2D eigenvalue weighted by Gasteiger charge is 2.42. The fourth-order valence-electron chi connectivity index (χ4n) is 4.49. The summed E-state index contributed by atoms with van der Waals surface area (Å²) in [6, 6.07) is 4.08. The number of nitrogens with zero attached hydrogens (tertiary/aromatic N) is 2. The molecule has 0 radical (unpaired) electrons. The number of rotatable bonds is 4. The molecule has 1 N–H and O–H groups in total. The highest BCUT2D eigenvalue weighted by Crippen LogP contribution is 2.36. The van der Waals surface area contributed by atoms with Crippen molar-refractivity contribution in [3.8, 4) is 0 Å². The van der Waals surface area contributed by atoms with Crippen LogP contribution in [0.5, 0.6) is 0 Å². The van der Waals surface area contributed by atoms with E-state index in [-0.39, 0.29) is 5.91 Å². The van der Waals surface area contributed by atoms with Crippen LogP contribution in [0.1, 0.15) is 17.9 Å². The zero-order valence-electron chi connectivity index (χ0n) is 18.0. The molecule has 3 saturated heterocycles. The number of alkyl halides is 3. The maximum atomic E-state index is 12.6. The zero-order valence-corrected chi connectivity index (χ0v) is 18.0. The van der Waals surface area contributed by atoms with E-state index in [0.29, 0.717) is 44.0 Å². The molecule has 0 unspecified atom stereocenters. The van der Waals surface area contributed by atoms with E-state index in [0.717, 1.165) is 50.9 Å². The SMILES string of the molecule is Cc1ccc(CN2C[C@@H]3COC[C@@H](CC(=O)N4CCOCC4)[C@@H]3C2)o1.O=C(O)C(F)(F)F. The van der Waals surface area contributed by atoms with Crippen molar-refractivity contribution in [3.63, 3.8) is 0 Å². The van der Waals surface area contributed by atoms with Crippen molar-refractivity contribution in [2.24, 2.45) is 17.8 Å². The van der Waals surface area contributed by atoms with Gasteiger partial charge >= 0.3 is 12.1 Å². The Bertz CT molecular complexity index is 778. The third-order valence-electron chi connectivity index (χ3n) is 6.06. The van der Waals surface area contributed by atoms with Crippen molar-refractivity contribution in [1.29, 1.82) is 0 Å². The topological polar surface area (TPSA) is 92.5 Å². The number of halogens is 3. The number of carboxylic acid groups (broad SMARTS) is 1. The molecule has 1 aromatic rings. The summed E-state index contributed by atoms with van der Waals surface area (Å²) in [5.74, 6) is 0.909. The van der Waals surface area contributed by atoms with E-state index < -0.39 is 12.1 Å². The molecule has 0 aromatic carbocycles. The van der Waals surface area contributed by atoms with E-state index in [4.69, 9.17) is 23.8 Å². The van der Waals surface area contributed by atoms with Crippen LogP contribution >= 0.6 is 0 Å². The van der Waals surface area contributed by atoms with Crippen LogP contribution < -0.4 is 0 Å². The first-order valence-corrected chi connectivity index (χ1v) is 10.6. The van der Waals surface area contributed by atoms with Gasteiger partial charge in [0.05, 0.1) is 33.0 Å². The molecular formula is C21H29F3N2O6. The summed E-state index contributed by atoms with van der Waals surface area (Å²) in [5, 5.41) is 7.12. The standard InChI is InChI=1S/C19H28N2O4.C2HF3O2/c1-14-2-3-17(25-14)10-20-9-16-13-24-12-15(18(16)11-20)8-19(22)21-4-6-23-7-5-21;3-2(4,5)1(6)7/h2-3,15-16,18H,4-13H2,1H3;(H,6,7)/t15-,16-,18+;/m1./s1. The molecule has 3 atom stereocenters. The molecule has 4 rings (SSSR count). The number of morpholine rings is 1. The van der Waals surface area contributed by atoms with Crippen LogP contribution in [0.25, 0.3) is 0 Å². The second-order valence-electron chi connectivity index (χ2n) is 8.43. The summed E-state index contributed by atoms with van der Waals surface area (Å²) in [4.78, 5) is 25.9. The maximum Gasteiger partial charge on any atom is 0.490 e. The molecule has 4 heterocycles. The zero-order chi connectivity index (χ0) is 23.3. The van der Waals surface area contributed by atoms with Crippen molar-refractivity contribution in [3.05, 3.63) is 23.7 Å². The first-order valence-electron chi connectivity index (χ1n) is 10.6. The smallest absolute Gasteiger partial charge is 0.475 e. The number of likely N-dealkylation sites (tertiary alicyclic amines) is 1. The molecule has 3 fully saturated rings. The number of carbonyl (C=O) groups excluding carboxylic acids is 1. The van der Waals surface area contributed by atoms with Crippen LogP contribution in [0.4, 0.5) is 13.2 Å². The first kappa shape index (κ1) is 24.5. The lowest BCUT2D eigenvalue weighted by Crippen LogP contribution is -2.44. The lowest BCUT2D eigenvalue weighted by atomic mass is 9.81. The van der Waals surface area contributed by atoms with Gasteiger partial charge in [0.15, 0.2) is 0 Å². The van der Waals surface area contributed by atoms with Crippen LogP contribution in [0, 0.1) is 24.7 Å². The Morgan fingerprint density at radius 3 is 2.41 bits per heavy atom. The largest absolute Gasteiger partial charge is 0.490 e. The summed E-state index contributed by atoms with van der Waals surface area (Å²) in [7, 11) is 0. The maximum absolute atomic E-state index is 12.6. The van der Waals surface area contributed by atoms with Crippen LogP contribution in [-0.4, -0.2) is 85.6 Å². The Morgan fingerprint density at radius 1 is 1.12 bits per heavy atom. The number of carboxylic acids is 1. The Kier molecular flexibility index (Phi) is 8.18. The Hall–Kier alpha value is -2.11. The van der Waals surface area contributed by atoms with Crippen molar-refractivity contribution >= 4 is 11.9 Å². The van der Waals surface area contributed by atoms with Crippen molar-refractivity contribution in [2.75, 3.05) is 52.6 Å². The van der Waals surface area contributed by atoms with E-state index in [1.807, 2.05) is 17.9 Å². The molecule has 32 heavy (non-hydrogen) atoms. The normalized spacial score (nSPS) is 26.2. The minimum absolute atomic E-state index is 0.262. The van der Waals surface area contributed by atoms with Gasteiger partial charge in [0.25, 0.3) is 0 Å². The van der Waals surface area contributed by atoms with E-state index in [9.17, 15) is 18.0 Å². The number of hydrogen-bond acceptors (Lipinski definition) is 6. The molecule has 8 nitrogen and oxygen atoms in total. The first-order chi connectivity index (χ1) is 15.1. The van der Waals surface area contributed by atoms with Crippen LogP contribution in [0.3, 0.4) is 0 Å². The van der Waals surface area contributed by atoms with Gasteiger partial charge in [0, 0.05) is 32.6 Å². The average Bonchev–Trinajstić information content (AvgIpc) is 3.34. The number of furan rings is 1. The molecule has 0 bridgehead atoms. The number of amides is 1. The third kappa shape index (κ3) is 6.69. The van der Waals surface area contributed by atoms with Gasteiger partial charge in [-0.25, -0.2) is 4.79 Å². The third-order valence-corrected chi connectivity index (χ3v) is 6.06. The fourth-order valence-corrected chi connectivity index (χ4v) is 4.49. The quantitative estimate of drug-likeness (QED) is 0.733. The summed E-state index contributed by atoms with van der Waals surface area (Å²) in [5.41, 5.74) is 0. The van der Waals surface area contributed by atoms with Crippen LogP contribution in [-0.2, 0) is 25.6 Å². The molecule has 3 aliphatic heterocycles. The van der Waals surface area contributed by atoms with Crippen LogP contribution in [0.15, 0.2) is 16.5 Å². The average molecular weight is 462 g/mol.